The van der Waals surface area contributed by atoms with Gasteiger partial charge in [-0.3, -0.25) is 4.68 Å². The quantitative estimate of drug-likeness (QED) is 0.734. The second-order valence-electron chi connectivity index (χ2n) is 4.45. The van der Waals surface area contributed by atoms with Gasteiger partial charge in [0.1, 0.15) is 0 Å². The Bertz CT molecular complexity index is 650. The van der Waals surface area contributed by atoms with Gasteiger partial charge >= 0.3 is 0 Å². The molecule has 1 aromatic carbocycles. The minimum Gasteiger partial charge on any atom is -0.361 e. The first-order valence-electron chi connectivity index (χ1n) is 6.06. The summed E-state index contributed by atoms with van der Waals surface area (Å²) in [6.45, 7) is 1.69. The number of H-pyrrole nitrogens is 1. The second-order valence-corrected chi connectivity index (χ2v) is 4.45. The van der Waals surface area contributed by atoms with Gasteiger partial charge in [-0.1, -0.05) is 12.1 Å². The number of hydrogen-bond donors (Lipinski definition) is 2. The summed E-state index contributed by atoms with van der Waals surface area (Å²) in [4.78, 5) is 3.23. The molecular formula is C14H16N4. The van der Waals surface area contributed by atoms with Crippen molar-refractivity contribution >= 4 is 10.9 Å². The SMILES string of the molecule is Cn1nccc1CNCc1ccc2cc[nH]c2c1. The third-order valence-corrected chi connectivity index (χ3v) is 3.18. The average Bonchev–Trinajstić information content (AvgIpc) is 2.98. The first kappa shape index (κ1) is 11.0. The molecule has 0 aliphatic heterocycles. The lowest BCUT2D eigenvalue weighted by Gasteiger charge is -2.05. The standard InChI is InChI=1S/C14H16N4/c1-18-13(5-7-17-18)10-15-9-11-2-3-12-4-6-16-14(12)8-11/h2-8,15-16H,9-10H2,1H3. The van der Waals surface area contributed by atoms with E-state index >= 15 is 0 Å². The molecular weight excluding hydrogens is 224 g/mol. The number of benzene rings is 1. The zero-order valence-electron chi connectivity index (χ0n) is 10.4. The van der Waals surface area contributed by atoms with Gasteiger partial charge in [0.15, 0.2) is 0 Å². The minimum absolute atomic E-state index is 0.833. The molecule has 3 rings (SSSR count). The highest BCUT2D eigenvalue weighted by Crippen LogP contribution is 2.14. The van der Waals surface area contributed by atoms with Crippen LogP contribution in [0.4, 0.5) is 0 Å². The summed E-state index contributed by atoms with van der Waals surface area (Å²) in [5.41, 5.74) is 3.66. The Labute approximate surface area is 106 Å². The van der Waals surface area contributed by atoms with Gasteiger partial charge in [0.25, 0.3) is 0 Å². The van der Waals surface area contributed by atoms with E-state index in [0.717, 1.165) is 13.1 Å². The van der Waals surface area contributed by atoms with Crippen molar-refractivity contribution in [3.8, 4) is 0 Å². The monoisotopic (exact) mass is 240 g/mol. The molecule has 0 spiro atoms. The molecule has 4 nitrogen and oxygen atoms in total. The van der Waals surface area contributed by atoms with Gasteiger partial charge in [-0.15, -0.1) is 0 Å². The van der Waals surface area contributed by atoms with Crippen molar-refractivity contribution in [3.05, 3.63) is 54.0 Å². The van der Waals surface area contributed by atoms with Crippen LogP contribution < -0.4 is 5.32 Å². The molecule has 0 aliphatic carbocycles. The number of nitrogens with one attached hydrogen (secondary N) is 2. The highest BCUT2D eigenvalue weighted by molar-refractivity contribution is 5.79. The van der Waals surface area contributed by atoms with E-state index in [2.05, 4.69) is 39.7 Å². The normalized spacial score (nSPS) is 11.2. The van der Waals surface area contributed by atoms with Crippen LogP contribution in [0.25, 0.3) is 10.9 Å². The van der Waals surface area contributed by atoms with Crippen LogP contribution in [0.2, 0.25) is 0 Å². The van der Waals surface area contributed by atoms with Crippen LogP contribution in [0, 0.1) is 0 Å². The summed E-state index contributed by atoms with van der Waals surface area (Å²) in [5, 5.41) is 8.83. The molecule has 4 heteroatoms. The van der Waals surface area contributed by atoms with Crippen molar-refractivity contribution < 1.29 is 0 Å². The summed E-state index contributed by atoms with van der Waals surface area (Å²) in [6, 6.07) is 10.6. The molecule has 0 saturated carbocycles. The fourth-order valence-corrected chi connectivity index (χ4v) is 2.11. The first-order valence-corrected chi connectivity index (χ1v) is 6.06. The van der Waals surface area contributed by atoms with E-state index in [0.29, 0.717) is 0 Å². The molecule has 0 aliphatic rings. The van der Waals surface area contributed by atoms with Gasteiger partial charge in [0.2, 0.25) is 0 Å². The summed E-state index contributed by atoms with van der Waals surface area (Å²) in [7, 11) is 1.96. The Balaban J connectivity index is 1.64. The van der Waals surface area contributed by atoms with Crippen molar-refractivity contribution in [2.45, 2.75) is 13.1 Å². The van der Waals surface area contributed by atoms with E-state index in [1.54, 1.807) is 0 Å². The zero-order chi connectivity index (χ0) is 12.4. The highest BCUT2D eigenvalue weighted by atomic mass is 15.3. The maximum atomic E-state index is 4.15. The number of aromatic nitrogens is 3. The number of nitrogens with zero attached hydrogens (tertiary/aromatic N) is 2. The minimum atomic E-state index is 0.833. The van der Waals surface area contributed by atoms with E-state index < -0.39 is 0 Å². The third kappa shape index (κ3) is 2.15. The number of aromatic amines is 1. The van der Waals surface area contributed by atoms with Crippen molar-refractivity contribution in [2.24, 2.45) is 7.05 Å². The van der Waals surface area contributed by atoms with Gasteiger partial charge in [-0.05, 0) is 29.1 Å². The molecule has 18 heavy (non-hydrogen) atoms. The van der Waals surface area contributed by atoms with E-state index in [1.807, 2.05) is 30.2 Å². The topological polar surface area (TPSA) is 45.6 Å². The van der Waals surface area contributed by atoms with Crippen molar-refractivity contribution in [1.29, 1.82) is 0 Å². The maximum Gasteiger partial charge on any atom is 0.0518 e. The van der Waals surface area contributed by atoms with Gasteiger partial charge < -0.3 is 10.3 Å². The Morgan fingerprint density at radius 2 is 2.17 bits per heavy atom. The second kappa shape index (κ2) is 4.66. The van der Waals surface area contributed by atoms with Gasteiger partial charge in [-0.2, -0.15) is 5.10 Å². The Kier molecular flexibility index (Phi) is 2.86. The Morgan fingerprint density at radius 3 is 3.00 bits per heavy atom. The van der Waals surface area contributed by atoms with E-state index in [-0.39, 0.29) is 0 Å². The molecule has 0 atom stereocenters. The van der Waals surface area contributed by atoms with E-state index in [9.17, 15) is 0 Å². The van der Waals surface area contributed by atoms with Crippen LogP contribution in [0.1, 0.15) is 11.3 Å². The maximum absolute atomic E-state index is 4.15. The molecule has 3 aromatic rings. The van der Waals surface area contributed by atoms with E-state index in [4.69, 9.17) is 0 Å². The molecule has 92 valence electrons. The molecule has 0 saturated heterocycles. The van der Waals surface area contributed by atoms with Crippen LogP contribution in [0.3, 0.4) is 0 Å². The largest absolute Gasteiger partial charge is 0.361 e. The van der Waals surface area contributed by atoms with Gasteiger partial charge in [-0.25, -0.2) is 0 Å². The Morgan fingerprint density at radius 1 is 1.22 bits per heavy atom. The van der Waals surface area contributed by atoms with E-state index in [1.165, 1.54) is 22.2 Å². The number of fused-ring (bicyclic) bond motifs is 1. The van der Waals surface area contributed by atoms with Crippen LogP contribution in [0.5, 0.6) is 0 Å². The summed E-state index contributed by atoms with van der Waals surface area (Å²) in [5.74, 6) is 0. The zero-order valence-corrected chi connectivity index (χ0v) is 10.4. The number of rotatable bonds is 4. The predicted octanol–water partition coefficient (Wildman–Crippen LogP) is 2.19. The molecule has 2 aromatic heterocycles. The smallest absolute Gasteiger partial charge is 0.0518 e. The molecule has 0 amide bonds. The van der Waals surface area contributed by atoms with Crippen molar-refractivity contribution in [3.63, 3.8) is 0 Å². The lowest BCUT2D eigenvalue weighted by Crippen LogP contribution is -2.15. The fourth-order valence-electron chi connectivity index (χ4n) is 2.11. The number of hydrogen-bond acceptors (Lipinski definition) is 2. The first-order chi connectivity index (χ1) is 8.83. The predicted molar refractivity (Wildman–Crippen MR) is 72.1 cm³/mol. The van der Waals surface area contributed by atoms with Crippen LogP contribution in [-0.4, -0.2) is 14.8 Å². The molecule has 0 bridgehead atoms. The van der Waals surface area contributed by atoms with Crippen LogP contribution >= 0.6 is 0 Å². The summed E-state index contributed by atoms with van der Waals surface area (Å²) < 4.78 is 1.89. The highest BCUT2D eigenvalue weighted by Gasteiger charge is 1.99. The lowest BCUT2D eigenvalue weighted by molar-refractivity contribution is 0.626. The van der Waals surface area contributed by atoms with Gasteiger partial charge in [0, 0.05) is 38.0 Å². The molecule has 0 radical (unpaired) electrons. The third-order valence-electron chi connectivity index (χ3n) is 3.18. The summed E-state index contributed by atoms with van der Waals surface area (Å²) >= 11 is 0. The number of aryl methyl sites for hydroxylation is 1. The van der Waals surface area contributed by atoms with Crippen molar-refractivity contribution in [2.75, 3.05) is 0 Å². The molecule has 2 N–H and O–H groups in total. The lowest BCUT2D eigenvalue weighted by atomic mass is 10.1. The average molecular weight is 240 g/mol. The molecule has 0 fully saturated rings. The Hall–Kier alpha value is -2.07. The van der Waals surface area contributed by atoms with Gasteiger partial charge in [0.05, 0.1) is 5.69 Å². The van der Waals surface area contributed by atoms with Crippen LogP contribution in [0.15, 0.2) is 42.7 Å². The molecule has 2 heterocycles. The summed E-state index contributed by atoms with van der Waals surface area (Å²) in [6.07, 6.45) is 3.79. The fraction of sp³-hybridized carbons (Fsp3) is 0.214. The van der Waals surface area contributed by atoms with Crippen LogP contribution in [-0.2, 0) is 20.1 Å². The molecule has 0 unspecified atom stereocenters. The van der Waals surface area contributed by atoms with Crippen molar-refractivity contribution in [1.82, 2.24) is 20.1 Å².